The summed E-state index contributed by atoms with van der Waals surface area (Å²) in [7, 11) is 1.43. The largest absolute Gasteiger partial charge is 0.507 e. The van der Waals surface area contributed by atoms with Crippen molar-refractivity contribution in [2.45, 2.75) is 46.0 Å². The summed E-state index contributed by atoms with van der Waals surface area (Å²) in [5.41, 5.74) is 1.68. The van der Waals surface area contributed by atoms with E-state index in [1.165, 1.54) is 14.0 Å². The minimum Gasteiger partial charge on any atom is -0.507 e. The van der Waals surface area contributed by atoms with Crippen LogP contribution in [0.1, 0.15) is 31.9 Å². The monoisotopic (exact) mass is 440 g/mol. The zero-order valence-corrected chi connectivity index (χ0v) is 18.9. The van der Waals surface area contributed by atoms with Gasteiger partial charge in [0.1, 0.15) is 39.2 Å². The van der Waals surface area contributed by atoms with E-state index >= 15 is 0 Å². The molecule has 0 fully saturated rings. The third-order valence-corrected chi connectivity index (χ3v) is 6.46. The van der Waals surface area contributed by atoms with Crippen molar-refractivity contribution in [3.63, 3.8) is 0 Å². The SMILES string of the molecule is C=C(C(C)C)C(O)C1Cc2c(cc3oc4ccc(C)c(O)c4c(=O)c3c2OC)OC1(C)O. The van der Waals surface area contributed by atoms with Gasteiger partial charge in [-0.25, -0.2) is 0 Å². The highest BCUT2D eigenvalue weighted by Gasteiger charge is 2.46. The molecule has 4 rings (SSSR count). The van der Waals surface area contributed by atoms with Crippen molar-refractivity contribution in [1.82, 2.24) is 0 Å². The second-order valence-electron chi connectivity index (χ2n) is 8.94. The van der Waals surface area contributed by atoms with Gasteiger partial charge in [0.2, 0.25) is 11.2 Å². The normalized spacial score (nSPS) is 21.4. The highest BCUT2D eigenvalue weighted by atomic mass is 16.6. The quantitative estimate of drug-likeness (QED) is 0.418. The van der Waals surface area contributed by atoms with Crippen molar-refractivity contribution < 1.29 is 29.2 Å². The van der Waals surface area contributed by atoms with Crippen LogP contribution in [0.4, 0.5) is 0 Å². The van der Waals surface area contributed by atoms with Crippen molar-refractivity contribution in [2.24, 2.45) is 11.8 Å². The maximum absolute atomic E-state index is 13.4. The summed E-state index contributed by atoms with van der Waals surface area (Å²) < 4.78 is 17.4. The number of ether oxygens (including phenoxy) is 2. The molecular formula is C25H28O7. The standard InChI is InChI=1S/C25H28O7/c1-11(2)13(4)22(27)15-9-14-17(32-25(15,5)29)10-18-20(24(14)30-6)23(28)19-16(31-18)8-7-12(3)21(19)26/h7-8,10-11,15,22,26-27,29H,4,9H2,1-3,5-6H3. The second-order valence-corrected chi connectivity index (χ2v) is 8.94. The molecule has 0 saturated heterocycles. The van der Waals surface area contributed by atoms with Crippen molar-refractivity contribution in [3.8, 4) is 17.2 Å². The van der Waals surface area contributed by atoms with Crippen LogP contribution in [0.2, 0.25) is 0 Å². The number of phenols is 1. The second kappa shape index (κ2) is 7.53. The molecule has 3 atom stereocenters. The van der Waals surface area contributed by atoms with Gasteiger partial charge in [-0.3, -0.25) is 4.79 Å². The first-order valence-corrected chi connectivity index (χ1v) is 10.5. The summed E-state index contributed by atoms with van der Waals surface area (Å²) >= 11 is 0. The van der Waals surface area contributed by atoms with E-state index in [4.69, 9.17) is 13.9 Å². The Morgan fingerprint density at radius 1 is 1.28 bits per heavy atom. The number of hydrogen-bond donors (Lipinski definition) is 3. The Balaban J connectivity index is 1.99. The van der Waals surface area contributed by atoms with Gasteiger partial charge in [-0.15, -0.1) is 0 Å². The van der Waals surface area contributed by atoms with E-state index in [2.05, 4.69) is 6.58 Å². The van der Waals surface area contributed by atoms with Crippen LogP contribution in [0.15, 0.2) is 39.6 Å². The Morgan fingerprint density at radius 2 is 1.97 bits per heavy atom. The molecule has 1 aliphatic rings. The van der Waals surface area contributed by atoms with Crippen molar-refractivity contribution in [3.05, 3.63) is 51.7 Å². The molecule has 3 unspecified atom stereocenters. The van der Waals surface area contributed by atoms with Crippen LogP contribution >= 0.6 is 0 Å². The summed E-state index contributed by atoms with van der Waals surface area (Å²) in [5, 5.41) is 32.7. The fourth-order valence-electron chi connectivity index (χ4n) is 4.39. The van der Waals surface area contributed by atoms with Crippen LogP contribution in [-0.2, 0) is 6.42 Å². The summed E-state index contributed by atoms with van der Waals surface area (Å²) in [5.74, 6) is -2.02. The number of phenolic OH excluding ortho intramolecular Hbond substituents is 1. The predicted molar refractivity (Wildman–Crippen MR) is 121 cm³/mol. The van der Waals surface area contributed by atoms with E-state index in [1.54, 1.807) is 25.1 Å². The lowest BCUT2D eigenvalue weighted by atomic mass is 9.79. The highest BCUT2D eigenvalue weighted by molar-refractivity contribution is 5.97. The molecule has 1 aliphatic heterocycles. The third kappa shape index (κ3) is 3.24. The van der Waals surface area contributed by atoms with E-state index in [1.807, 2.05) is 13.8 Å². The van der Waals surface area contributed by atoms with E-state index in [9.17, 15) is 20.1 Å². The first-order chi connectivity index (χ1) is 15.0. The lowest BCUT2D eigenvalue weighted by Crippen LogP contribution is -2.51. The molecule has 2 aromatic carbocycles. The van der Waals surface area contributed by atoms with Gasteiger partial charge in [-0.2, -0.15) is 0 Å². The van der Waals surface area contributed by atoms with Crippen LogP contribution in [0, 0.1) is 18.8 Å². The number of methoxy groups -OCH3 is 1. The van der Waals surface area contributed by atoms with Crippen molar-refractivity contribution in [1.29, 1.82) is 0 Å². The molecule has 3 N–H and O–H groups in total. The van der Waals surface area contributed by atoms with E-state index in [-0.39, 0.29) is 45.8 Å². The van der Waals surface area contributed by atoms with Crippen molar-refractivity contribution in [2.75, 3.05) is 7.11 Å². The maximum Gasteiger partial charge on any atom is 0.211 e. The van der Waals surface area contributed by atoms with Crippen LogP contribution < -0.4 is 14.9 Å². The third-order valence-electron chi connectivity index (χ3n) is 6.46. The van der Waals surface area contributed by atoms with Gasteiger partial charge in [0, 0.05) is 18.6 Å². The number of fused-ring (bicyclic) bond motifs is 3. The molecule has 7 heteroatoms. The molecular weight excluding hydrogens is 412 g/mol. The Morgan fingerprint density at radius 3 is 2.59 bits per heavy atom. The molecule has 0 saturated carbocycles. The van der Waals surface area contributed by atoms with Crippen LogP contribution in [-0.4, -0.2) is 34.3 Å². The molecule has 0 spiro atoms. The number of aromatic hydroxyl groups is 1. The topological polar surface area (TPSA) is 109 Å². The summed E-state index contributed by atoms with van der Waals surface area (Å²) in [6, 6.07) is 4.83. The number of benzene rings is 2. The lowest BCUT2D eigenvalue weighted by Gasteiger charge is -2.42. The molecule has 2 heterocycles. The van der Waals surface area contributed by atoms with Crippen LogP contribution in [0.3, 0.4) is 0 Å². The van der Waals surface area contributed by atoms with Gasteiger partial charge in [-0.05, 0) is 36.5 Å². The molecule has 32 heavy (non-hydrogen) atoms. The molecule has 0 radical (unpaired) electrons. The molecule has 0 amide bonds. The molecule has 1 aromatic heterocycles. The van der Waals surface area contributed by atoms with Gasteiger partial charge in [0.05, 0.1) is 19.1 Å². The van der Waals surface area contributed by atoms with Crippen LogP contribution in [0.25, 0.3) is 21.9 Å². The van der Waals surface area contributed by atoms with Gasteiger partial charge >= 0.3 is 0 Å². The van der Waals surface area contributed by atoms with Crippen LogP contribution in [0.5, 0.6) is 17.2 Å². The average molecular weight is 440 g/mol. The van der Waals surface area contributed by atoms with Gasteiger partial charge in [0.15, 0.2) is 0 Å². The minimum atomic E-state index is -1.69. The van der Waals surface area contributed by atoms with E-state index in [0.29, 0.717) is 22.4 Å². The van der Waals surface area contributed by atoms with Gasteiger partial charge < -0.3 is 29.2 Å². The highest BCUT2D eigenvalue weighted by Crippen LogP contribution is 2.46. The predicted octanol–water partition coefficient (Wildman–Crippen LogP) is 3.80. The van der Waals surface area contributed by atoms with E-state index in [0.717, 1.165) is 0 Å². The number of rotatable bonds is 4. The van der Waals surface area contributed by atoms with E-state index < -0.39 is 23.2 Å². The molecule has 3 aromatic rings. The Hall–Kier alpha value is -3.03. The Bertz CT molecular complexity index is 1300. The number of hydrogen-bond acceptors (Lipinski definition) is 7. The van der Waals surface area contributed by atoms with Crippen molar-refractivity contribution >= 4 is 21.9 Å². The molecule has 7 nitrogen and oxygen atoms in total. The first kappa shape index (κ1) is 22.2. The molecule has 0 bridgehead atoms. The van der Waals surface area contributed by atoms with Gasteiger partial charge in [0.25, 0.3) is 0 Å². The fourth-order valence-corrected chi connectivity index (χ4v) is 4.39. The minimum absolute atomic E-state index is 0.00493. The maximum atomic E-state index is 13.4. The summed E-state index contributed by atoms with van der Waals surface area (Å²) in [6.07, 6.45) is -0.843. The number of aliphatic hydroxyl groups excluding tert-OH is 1. The Labute approximate surface area is 185 Å². The smallest absolute Gasteiger partial charge is 0.211 e. The zero-order chi connectivity index (χ0) is 23.5. The van der Waals surface area contributed by atoms with Gasteiger partial charge in [-0.1, -0.05) is 26.5 Å². The zero-order valence-electron chi connectivity index (χ0n) is 18.9. The molecule has 170 valence electrons. The number of aliphatic hydroxyl groups is 2. The lowest BCUT2D eigenvalue weighted by molar-refractivity contribution is -0.192. The molecule has 0 aliphatic carbocycles. The fraction of sp³-hybridized carbons (Fsp3) is 0.400. The Kier molecular flexibility index (Phi) is 5.22. The summed E-state index contributed by atoms with van der Waals surface area (Å²) in [4.78, 5) is 13.4. The average Bonchev–Trinajstić information content (AvgIpc) is 2.72. The number of aryl methyl sites for hydroxylation is 1. The summed E-state index contributed by atoms with van der Waals surface area (Å²) in [6.45, 7) is 11.0. The first-order valence-electron chi connectivity index (χ1n) is 10.5.